The first-order valence-electron chi connectivity index (χ1n) is 6.30. The van der Waals surface area contributed by atoms with Crippen LogP contribution in [-0.2, 0) is 14.8 Å². The quantitative estimate of drug-likeness (QED) is 0.807. The van der Waals surface area contributed by atoms with E-state index in [0.717, 1.165) is 12.5 Å². The van der Waals surface area contributed by atoms with Crippen LogP contribution in [0.5, 0.6) is 0 Å². The fourth-order valence-corrected chi connectivity index (χ4v) is 3.09. The molecule has 2 N–H and O–H groups in total. The van der Waals surface area contributed by atoms with Crippen LogP contribution >= 0.6 is 0 Å². The lowest BCUT2D eigenvalue weighted by Crippen LogP contribution is -2.41. The predicted octanol–water partition coefficient (Wildman–Crippen LogP) is 2.06. The molecule has 0 aliphatic carbocycles. The average molecular weight is 303 g/mol. The molecule has 0 saturated carbocycles. The van der Waals surface area contributed by atoms with E-state index in [-0.39, 0.29) is 12.0 Å². The van der Waals surface area contributed by atoms with Gasteiger partial charge in [0, 0.05) is 0 Å². The van der Waals surface area contributed by atoms with E-state index in [4.69, 9.17) is 5.11 Å². The second-order valence-corrected chi connectivity index (χ2v) is 6.22. The molecule has 1 unspecified atom stereocenters. The summed E-state index contributed by atoms with van der Waals surface area (Å²) >= 11 is 0. The summed E-state index contributed by atoms with van der Waals surface area (Å²) in [5.74, 6) is -2.13. The van der Waals surface area contributed by atoms with Crippen LogP contribution in [0, 0.1) is 12.7 Å². The predicted molar refractivity (Wildman–Crippen MR) is 72.4 cm³/mol. The van der Waals surface area contributed by atoms with Crippen LogP contribution in [0.15, 0.2) is 23.1 Å². The molecule has 0 aromatic heterocycles. The maximum Gasteiger partial charge on any atom is 0.321 e. The number of sulfonamides is 1. The van der Waals surface area contributed by atoms with E-state index in [2.05, 4.69) is 0 Å². The summed E-state index contributed by atoms with van der Waals surface area (Å²) in [4.78, 5) is 10.5. The van der Waals surface area contributed by atoms with E-state index in [9.17, 15) is 17.6 Å². The third-order valence-corrected chi connectivity index (χ3v) is 4.38. The second-order valence-electron chi connectivity index (χ2n) is 4.54. The molecule has 0 amide bonds. The van der Waals surface area contributed by atoms with Crippen LogP contribution in [0.2, 0.25) is 0 Å². The third-order valence-electron chi connectivity index (χ3n) is 2.89. The lowest BCUT2D eigenvalue weighted by molar-refractivity contribution is -0.139. The molecule has 0 bridgehead atoms. The molecule has 1 aromatic rings. The number of aryl methyl sites for hydroxylation is 1. The molecular formula is C13H18FNO4S. The highest BCUT2D eigenvalue weighted by Gasteiger charge is 2.27. The second kappa shape index (κ2) is 6.81. The Morgan fingerprint density at radius 1 is 1.45 bits per heavy atom. The van der Waals surface area contributed by atoms with Gasteiger partial charge in [-0.05, 0) is 25.0 Å². The van der Waals surface area contributed by atoms with Crippen LogP contribution in [0.3, 0.4) is 0 Å². The maximum atomic E-state index is 13.8. The normalized spacial score (nSPS) is 13.2. The van der Waals surface area contributed by atoms with Gasteiger partial charge in [0.2, 0.25) is 10.0 Å². The number of carboxylic acid groups (broad SMARTS) is 1. The number of carbonyl (C=O) groups is 1. The van der Waals surface area contributed by atoms with Crippen molar-refractivity contribution in [1.29, 1.82) is 0 Å². The molecule has 7 heteroatoms. The minimum absolute atomic E-state index is 0.165. The number of hydrogen-bond acceptors (Lipinski definition) is 3. The number of rotatable bonds is 7. The number of carboxylic acids is 1. The van der Waals surface area contributed by atoms with Crippen LogP contribution in [0.25, 0.3) is 0 Å². The van der Waals surface area contributed by atoms with Gasteiger partial charge in [0.1, 0.15) is 16.8 Å². The number of hydrogen-bond donors (Lipinski definition) is 2. The molecule has 5 nitrogen and oxygen atoms in total. The zero-order chi connectivity index (χ0) is 15.3. The molecule has 20 heavy (non-hydrogen) atoms. The molecule has 1 rings (SSSR count). The molecule has 0 spiro atoms. The molecule has 0 aliphatic rings. The van der Waals surface area contributed by atoms with Gasteiger partial charge in [-0.3, -0.25) is 4.79 Å². The third kappa shape index (κ3) is 4.01. The molecule has 0 aliphatic heterocycles. The fourth-order valence-electron chi connectivity index (χ4n) is 1.72. The Morgan fingerprint density at radius 2 is 2.10 bits per heavy atom. The first kappa shape index (κ1) is 16.6. The number of benzene rings is 1. The van der Waals surface area contributed by atoms with Crippen LogP contribution in [0.4, 0.5) is 4.39 Å². The first-order valence-corrected chi connectivity index (χ1v) is 7.78. The summed E-state index contributed by atoms with van der Waals surface area (Å²) in [6.45, 7) is 3.31. The molecule has 0 heterocycles. The maximum absolute atomic E-state index is 13.8. The van der Waals surface area contributed by atoms with E-state index in [1.807, 2.05) is 11.6 Å². The molecule has 0 fully saturated rings. The molecule has 1 atom stereocenters. The highest BCUT2D eigenvalue weighted by Crippen LogP contribution is 2.18. The molecule has 0 radical (unpaired) electrons. The summed E-state index contributed by atoms with van der Waals surface area (Å²) in [6.07, 6.45) is 1.47. The van der Waals surface area contributed by atoms with Gasteiger partial charge in [-0.2, -0.15) is 4.72 Å². The van der Waals surface area contributed by atoms with E-state index >= 15 is 0 Å². The minimum atomic E-state index is -4.19. The van der Waals surface area contributed by atoms with Gasteiger partial charge in [0.05, 0.1) is 0 Å². The van der Waals surface area contributed by atoms with E-state index in [1.165, 1.54) is 19.1 Å². The zero-order valence-electron chi connectivity index (χ0n) is 11.4. The standard InChI is InChI=1S/C13H18FNO4S/c1-3-4-7-10(13(16)17)15-20(18,19)11-8-5-6-9(2)12(11)14/h5-6,8,10,15H,3-4,7H2,1-2H3,(H,16,17). The Labute approximate surface area is 117 Å². The Hall–Kier alpha value is -1.47. The summed E-state index contributed by atoms with van der Waals surface area (Å²) in [5.41, 5.74) is 0.188. The number of nitrogens with one attached hydrogen (secondary N) is 1. The van der Waals surface area contributed by atoms with Crippen molar-refractivity contribution in [3.63, 3.8) is 0 Å². The number of aliphatic carboxylic acids is 1. The average Bonchev–Trinajstić information content (AvgIpc) is 2.37. The van der Waals surface area contributed by atoms with Gasteiger partial charge in [-0.15, -0.1) is 0 Å². The Balaban J connectivity index is 3.04. The lowest BCUT2D eigenvalue weighted by Gasteiger charge is -2.15. The van der Waals surface area contributed by atoms with Crippen LogP contribution < -0.4 is 4.72 Å². The minimum Gasteiger partial charge on any atom is -0.480 e. The largest absolute Gasteiger partial charge is 0.480 e. The zero-order valence-corrected chi connectivity index (χ0v) is 12.2. The van der Waals surface area contributed by atoms with Gasteiger partial charge < -0.3 is 5.11 Å². The van der Waals surface area contributed by atoms with Crippen molar-refractivity contribution < 1.29 is 22.7 Å². The van der Waals surface area contributed by atoms with Gasteiger partial charge in [0.15, 0.2) is 0 Å². The molecule has 112 valence electrons. The van der Waals surface area contributed by atoms with Gasteiger partial charge in [0.25, 0.3) is 0 Å². The molecular weight excluding hydrogens is 285 g/mol. The Kier molecular flexibility index (Phi) is 5.64. The summed E-state index contributed by atoms with van der Waals surface area (Å²) in [5, 5.41) is 9.01. The lowest BCUT2D eigenvalue weighted by atomic mass is 10.1. The summed E-state index contributed by atoms with van der Waals surface area (Å²) in [7, 11) is -4.19. The SMILES string of the molecule is CCCCC(NS(=O)(=O)c1cccc(C)c1F)C(=O)O. The van der Waals surface area contributed by atoms with Crippen molar-refractivity contribution in [2.45, 2.75) is 44.0 Å². The summed E-state index contributed by atoms with van der Waals surface area (Å²) < 4.78 is 40.0. The van der Waals surface area contributed by atoms with Crippen LogP contribution in [-0.4, -0.2) is 25.5 Å². The number of halogens is 1. The Bertz CT molecular complexity index is 586. The van der Waals surface area contributed by atoms with Crippen molar-refractivity contribution >= 4 is 16.0 Å². The van der Waals surface area contributed by atoms with Crippen molar-refractivity contribution in [2.75, 3.05) is 0 Å². The van der Waals surface area contributed by atoms with E-state index in [1.54, 1.807) is 0 Å². The van der Waals surface area contributed by atoms with Crippen LogP contribution in [0.1, 0.15) is 31.7 Å². The highest BCUT2D eigenvalue weighted by atomic mass is 32.2. The van der Waals surface area contributed by atoms with Crippen molar-refractivity contribution in [3.8, 4) is 0 Å². The topological polar surface area (TPSA) is 83.5 Å². The van der Waals surface area contributed by atoms with Gasteiger partial charge in [-0.1, -0.05) is 31.9 Å². The fraction of sp³-hybridized carbons (Fsp3) is 0.462. The van der Waals surface area contributed by atoms with Gasteiger partial charge in [-0.25, -0.2) is 12.8 Å². The number of unbranched alkanes of at least 4 members (excludes halogenated alkanes) is 1. The monoisotopic (exact) mass is 303 g/mol. The molecule has 0 saturated heterocycles. The summed E-state index contributed by atoms with van der Waals surface area (Å²) in [6, 6.07) is 2.72. The smallest absolute Gasteiger partial charge is 0.321 e. The first-order chi connectivity index (χ1) is 9.29. The molecule has 1 aromatic carbocycles. The van der Waals surface area contributed by atoms with E-state index in [0.29, 0.717) is 6.42 Å². The Morgan fingerprint density at radius 3 is 2.65 bits per heavy atom. The highest BCUT2D eigenvalue weighted by molar-refractivity contribution is 7.89. The van der Waals surface area contributed by atoms with Crippen molar-refractivity contribution in [1.82, 2.24) is 4.72 Å². The van der Waals surface area contributed by atoms with Gasteiger partial charge >= 0.3 is 5.97 Å². The van der Waals surface area contributed by atoms with E-state index < -0.39 is 32.7 Å². The van der Waals surface area contributed by atoms with Crippen molar-refractivity contribution in [2.24, 2.45) is 0 Å². The van der Waals surface area contributed by atoms with Crippen molar-refractivity contribution in [3.05, 3.63) is 29.6 Å².